The number of aliphatic hydroxyl groups excluding tert-OH is 1. The topological polar surface area (TPSA) is 66.7 Å². The maximum absolute atomic E-state index is 9.20. The van der Waals surface area contributed by atoms with Crippen LogP contribution in [0.4, 0.5) is 0 Å². The molecule has 0 aliphatic rings. The van der Waals surface area contributed by atoms with Gasteiger partial charge in [-0.2, -0.15) is 0 Å². The van der Waals surface area contributed by atoms with Crippen LogP contribution in [0.25, 0.3) is 0 Å². The van der Waals surface area contributed by atoms with E-state index < -0.39 is 0 Å². The van der Waals surface area contributed by atoms with Crippen molar-refractivity contribution >= 4 is 0 Å². The summed E-state index contributed by atoms with van der Waals surface area (Å²) in [5.74, 6) is 0. The van der Waals surface area contributed by atoms with Gasteiger partial charge in [0, 0.05) is 5.69 Å². The Labute approximate surface area is 87.8 Å². The molecule has 0 amide bonds. The quantitative estimate of drug-likeness (QED) is 0.779. The summed E-state index contributed by atoms with van der Waals surface area (Å²) in [4.78, 5) is 11.4. The smallest absolute Gasteiger partial charge is 0.0955 e. The van der Waals surface area contributed by atoms with Crippen molar-refractivity contribution in [2.45, 2.75) is 27.0 Å². The van der Waals surface area contributed by atoms with Gasteiger partial charge in [-0.15, -0.1) is 0 Å². The first-order valence-corrected chi connectivity index (χ1v) is 4.82. The van der Waals surface area contributed by atoms with Crippen LogP contribution in [-0.2, 0) is 13.2 Å². The van der Waals surface area contributed by atoms with Gasteiger partial charge < -0.3 is 14.7 Å². The molecular weight excluding hydrogens is 192 g/mol. The number of rotatable bonds is 3. The van der Waals surface area contributed by atoms with Gasteiger partial charge in [-0.25, -0.2) is 9.97 Å². The summed E-state index contributed by atoms with van der Waals surface area (Å²) in [6.07, 6.45) is 3.40. The number of aryl methyl sites for hydroxylation is 2. The average Bonchev–Trinajstić information content (AvgIpc) is 2.76. The van der Waals surface area contributed by atoms with Gasteiger partial charge in [0.05, 0.1) is 42.9 Å². The molecule has 0 aliphatic heterocycles. The summed E-state index contributed by atoms with van der Waals surface area (Å²) in [7, 11) is 0. The molecule has 0 saturated heterocycles. The van der Waals surface area contributed by atoms with E-state index in [1.165, 1.54) is 0 Å². The van der Waals surface area contributed by atoms with Crippen LogP contribution in [-0.4, -0.2) is 24.6 Å². The van der Waals surface area contributed by atoms with E-state index in [9.17, 15) is 5.11 Å². The molecule has 0 radical (unpaired) electrons. The molecular formula is C10H14N4O. The molecule has 0 unspecified atom stereocenters. The highest BCUT2D eigenvalue weighted by Crippen LogP contribution is 2.10. The second-order valence-electron chi connectivity index (χ2n) is 3.54. The summed E-state index contributed by atoms with van der Waals surface area (Å²) in [6.45, 7) is 4.52. The lowest BCUT2D eigenvalue weighted by molar-refractivity contribution is 0.270. The number of nitrogens with zero attached hydrogens (tertiary/aromatic N) is 3. The van der Waals surface area contributed by atoms with Crippen LogP contribution >= 0.6 is 0 Å². The van der Waals surface area contributed by atoms with Gasteiger partial charge in [0.15, 0.2) is 0 Å². The summed E-state index contributed by atoms with van der Waals surface area (Å²) in [5.41, 5.74) is 3.73. The molecule has 2 N–H and O–H groups in total. The Balaban J connectivity index is 2.28. The molecule has 0 aromatic carbocycles. The van der Waals surface area contributed by atoms with E-state index in [1.807, 2.05) is 18.4 Å². The lowest BCUT2D eigenvalue weighted by atomic mass is 10.3. The minimum Gasteiger partial charge on any atom is -0.390 e. The molecule has 0 saturated carbocycles. The molecule has 5 nitrogen and oxygen atoms in total. The predicted molar refractivity (Wildman–Crippen MR) is 55.3 cm³/mol. The Bertz CT molecular complexity index is 458. The van der Waals surface area contributed by atoms with E-state index in [4.69, 9.17) is 0 Å². The molecule has 2 heterocycles. The van der Waals surface area contributed by atoms with Gasteiger partial charge in [0.1, 0.15) is 0 Å². The van der Waals surface area contributed by atoms with Gasteiger partial charge in [-0.1, -0.05) is 0 Å². The van der Waals surface area contributed by atoms with Crippen LogP contribution in [0, 0.1) is 13.8 Å². The summed E-state index contributed by atoms with van der Waals surface area (Å²) in [5, 5.41) is 9.20. The fourth-order valence-corrected chi connectivity index (χ4v) is 1.56. The first kappa shape index (κ1) is 9.92. The number of hydrogen-bond donors (Lipinski definition) is 2. The number of H-pyrrole nitrogens is 1. The monoisotopic (exact) mass is 206 g/mol. The molecule has 15 heavy (non-hydrogen) atoms. The normalized spacial score (nSPS) is 10.9. The van der Waals surface area contributed by atoms with E-state index in [0.717, 1.165) is 22.8 Å². The highest BCUT2D eigenvalue weighted by molar-refractivity contribution is 5.15. The van der Waals surface area contributed by atoms with E-state index in [1.54, 1.807) is 12.7 Å². The van der Waals surface area contributed by atoms with Crippen molar-refractivity contribution in [3.8, 4) is 0 Å². The van der Waals surface area contributed by atoms with Crippen LogP contribution in [0.5, 0.6) is 0 Å². The summed E-state index contributed by atoms with van der Waals surface area (Å²) >= 11 is 0. The van der Waals surface area contributed by atoms with Crippen LogP contribution in [0.15, 0.2) is 12.7 Å². The first-order chi connectivity index (χ1) is 7.22. The Hall–Kier alpha value is -1.62. The fraction of sp³-hybridized carbons (Fsp3) is 0.400. The minimum absolute atomic E-state index is 0.00923. The zero-order chi connectivity index (χ0) is 10.8. The Kier molecular flexibility index (Phi) is 2.55. The number of hydrogen-bond acceptors (Lipinski definition) is 3. The average molecular weight is 206 g/mol. The van der Waals surface area contributed by atoms with Crippen molar-refractivity contribution in [2.24, 2.45) is 0 Å². The summed E-state index contributed by atoms with van der Waals surface area (Å²) in [6, 6.07) is 0. The molecule has 80 valence electrons. The van der Waals surface area contributed by atoms with Crippen LogP contribution in [0.2, 0.25) is 0 Å². The molecule has 0 bridgehead atoms. The van der Waals surface area contributed by atoms with Gasteiger partial charge in [0.2, 0.25) is 0 Å². The Morgan fingerprint density at radius 1 is 1.40 bits per heavy atom. The van der Waals surface area contributed by atoms with Gasteiger partial charge in [0.25, 0.3) is 0 Å². The zero-order valence-electron chi connectivity index (χ0n) is 8.86. The fourth-order valence-electron chi connectivity index (χ4n) is 1.56. The molecule has 2 aromatic rings. The first-order valence-electron chi connectivity index (χ1n) is 4.82. The minimum atomic E-state index is 0.00923. The number of aromatic amines is 1. The highest BCUT2D eigenvalue weighted by atomic mass is 16.3. The number of nitrogens with one attached hydrogen (secondary N) is 1. The summed E-state index contributed by atoms with van der Waals surface area (Å²) < 4.78 is 1.92. The van der Waals surface area contributed by atoms with E-state index in [-0.39, 0.29) is 6.61 Å². The van der Waals surface area contributed by atoms with Crippen LogP contribution < -0.4 is 0 Å². The lowest BCUT2D eigenvalue weighted by Gasteiger charge is -2.05. The predicted octanol–water partition coefficient (Wildman–Crippen LogP) is 0.764. The van der Waals surface area contributed by atoms with Gasteiger partial charge >= 0.3 is 0 Å². The number of imidazole rings is 2. The maximum atomic E-state index is 9.20. The maximum Gasteiger partial charge on any atom is 0.0955 e. The standard InChI is InChI=1S/C10H14N4O/c1-7-9(12-5-11-7)3-14-6-13-8(2)10(14)4-15/h5-6,15H,3-4H2,1-2H3,(H,11,12). The number of aliphatic hydroxyl groups is 1. The van der Waals surface area contributed by atoms with Crippen molar-refractivity contribution in [1.82, 2.24) is 19.5 Å². The van der Waals surface area contributed by atoms with Gasteiger partial charge in [-0.05, 0) is 13.8 Å². The third kappa shape index (κ3) is 1.78. The zero-order valence-corrected chi connectivity index (χ0v) is 8.86. The van der Waals surface area contributed by atoms with Gasteiger partial charge in [-0.3, -0.25) is 0 Å². The highest BCUT2D eigenvalue weighted by Gasteiger charge is 2.08. The largest absolute Gasteiger partial charge is 0.390 e. The second kappa shape index (κ2) is 3.86. The molecule has 2 aromatic heterocycles. The molecule has 2 rings (SSSR count). The Morgan fingerprint density at radius 3 is 2.80 bits per heavy atom. The van der Waals surface area contributed by atoms with Crippen LogP contribution in [0.1, 0.15) is 22.8 Å². The molecule has 0 spiro atoms. The van der Waals surface area contributed by atoms with Crippen molar-refractivity contribution in [3.05, 3.63) is 35.4 Å². The van der Waals surface area contributed by atoms with E-state index in [2.05, 4.69) is 15.0 Å². The van der Waals surface area contributed by atoms with Crippen molar-refractivity contribution < 1.29 is 5.11 Å². The molecule has 5 heteroatoms. The van der Waals surface area contributed by atoms with E-state index in [0.29, 0.717) is 6.54 Å². The SMILES string of the molecule is Cc1ncn(Cc2nc[nH]c2C)c1CO. The molecule has 0 atom stereocenters. The second-order valence-corrected chi connectivity index (χ2v) is 3.54. The lowest BCUT2D eigenvalue weighted by Crippen LogP contribution is -2.05. The third-order valence-electron chi connectivity index (χ3n) is 2.56. The van der Waals surface area contributed by atoms with Crippen LogP contribution in [0.3, 0.4) is 0 Å². The molecule has 0 fully saturated rings. The van der Waals surface area contributed by atoms with Crippen molar-refractivity contribution in [2.75, 3.05) is 0 Å². The van der Waals surface area contributed by atoms with E-state index >= 15 is 0 Å². The van der Waals surface area contributed by atoms with Crippen molar-refractivity contribution in [1.29, 1.82) is 0 Å². The number of aromatic nitrogens is 4. The Morgan fingerprint density at radius 2 is 2.20 bits per heavy atom. The third-order valence-corrected chi connectivity index (χ3v) is 2.56. The molecule has 0 aliphatic carbocycles. The van der Waals surface area contributed by atoms with Crippen molar-refractivity contribution in [3.63, 3.8) is 0 Å².